The molecule has 2 heterocycles. The predicted molar refractivity (Wildman–Crippen MR) is 125 cm³/mol. The summed E-state index contributed by atoms with van der Waals surface area (Å²) in [4.78, 5) is 19.3. The third kappa shape index (κ3) is 5.68. The number of ether oxygens (including phenoxy) is 1. The Morgan fingerprint density at radius 2 is 1.88 bits per heavy atom. The van der Waals surface area contributed by atoms with Crippen molar-refractivity contribution in [1.82, 2.24) is 18.8 Å². The molecule has 9 heteroatoms. The number of hydrogen-bond acceptors (Lipinski definition) is 5. The second kappa shape index (κ2) is 11.2. The molecule has 178 valence electrons. The number of morpholine rings is 1. The average molecular weight is 465 g/mol. The lowest BCUT2D eigenvalue weighted by atomic mass is 10.2. The summed E-state index contributed by atoms with van der Waals surface area (Å²) in [6.45, 7) is 7.38. The molecular weight excluding hydrogens is 428 g/mol. The maximum Gasteiger partial charge on any atom is 0.243 e. The lowest BCUT2D eigenvalue weighted by molar-refractivity contribution is -0.129. The molecule has 0 bridgehead atoms. The Morgan fingerprint density at radius 1 is 1.16 bits per heavy atom. The summed E-state index contributed by atoms with van der Waals surface area (Å²) < 4.78 is 35.0. The van der Waals surface area contributed by atoms with E-state index in [0.717, 1.165) is 50.1 Å². The lowest BCUT2D eigenvalue weighted by Gasteiger charge is -2.26. The van der Waals surface area contributed by atoms with Gasteiger partial charge in [0.2, 0.25) is 15.9 Å². The first-order valence-electron chi connectivity index (χ1n) is 11.7. The number of unbranched alkanes of at least 4 members (excludes halogenated alkanes) is 2. The molecule has 0 unspecified atom stereocenters. The molecule has 1 aliphatic rings. The first-order valence-corrected chi connectivity index (χ1v) is 13.1. The van der Waals surface area contributed by atoms with Gasteiger partial charge in [-0.15, -0.1) is 0 Å². The summed E-state index contributed by atoms with van der Waals surface area (Å²) in [7, 11) is -1.73. The van der Waals surface area contributed by atoms with Crippen LogP contribution in [-0.4, -0.2) is 73.0 Å². The molecule has 8 nitrogen and oxygen atoms in total. The average Bonchev–Trinajstić information content (AvgIpc) is 3.16. The molecule has 1 saturated heterocycles. The normalized spacial score (nSPS) is 15.3. The molecule has 1 aliphatic heterocycles. The Bertz CT molecular complexity index is 1010. The van der Waals surface area contributed by atoms with Gasteiger partial charge < -0.3 is 14.2 Å². The Balaban J connectivity index is 1.85. The number of fused-ring (bicyclic) bond motifs is 1. The minimum atomic E-state index is -3.58. The summed E-state index contributed by atoms with van der Waals surface area (Å²) in [6, 6.07) is 5.19. The second-order valence-corrected chi connectivity index (χ2v) is 10.3. The van der Waals surface area contributed by atoms with Gasteiger partial charge in [-0.3, -0.25) is 4.79 Å². The summed E-state index contributed by atoms with van der Waals surface area (Å²) in [6.07, 6.45) is 5.03. The van der Waals surface area contributed by atoms with E-state index in [2.05, 4.69) is 18.4 Å². The fourth-order valence-electron chi connectivity index (χ4n) is 3.94. The number of rotatable bonds is 11. The molecule has 0 radical (unpaired) electrons. The van der Waals surface area contributed by atoms with Crippen LogP contribution in [0.25, 0.3) is 11.0 Å². The van der Waals surface area contributed by atoms with E-state index < -0.39 is 10.0 Å². The molecule has 0 spiro atoms. The standard InChI is InChI=1S/C23H36N4O4S/c1-4-6-12-25(3)23(28)11-10-22-24-20-18-19(8-9-21(20)27(22)13-7-5-2)32(29,30)26-14-16-31-17-15-26/h8-9,18H,4-7,10-17H2,1-3H3. The highest BCUT2D eigenvalue weighted by Gasteiger charge is 2.27. The number of carbonyl (C=O) groups excluding carboxylic acids is 1. The van der Waals surface area contributed by atoms with Crippen LogP contribution in [0.3, 0.4) is 0 Å². The summed E-state index contributed by atoms with van der Waals surface area (Å²) in [5.41, 5.74) is 1.58. The maximum atomic E-state index is 13.1. The van der Waals surface area contributed by atoms with Crippen molar-refractivity contribution in [3.05, 3.63) is 24.0 Å². The van der Waals surface area contributed by atoms with E-state index in [-0.39, 0.29) is 10.8 Å². The number of aryl methyl sites for hydroxylation is 2. The van der Waals surface area contributed by atoms with Crippen molar-refractivity contribution in [1.29, 1.82) is 0 Å². The molecule has 0 N–H and O–H groups in total. The van der Waals surface area contributed by atoms with Crippen LogP contribution in [-0.2, 0) is 32.5 Å². The van der Waals surface area contributed by atoms with Crippen LogP contribution in [0, 0.1) is 0 Å². The van der Waals surface area contributed by atoms with Gasteiger partial charge in [0.05, 0.1) is 29.1 Å². The van der Waals surface area contributed by atoms with Crippen molar-refractivity contribution < 1.29 is 17.9 Å². The minimum absolute atomic E-state index is 0.114. The van der Waals surface area contributed by atoms with Gasteiger partial charge in [0, 0.05) is 46.1 Å². The molecule has 3 rings (SSSR count). The Labute approximate surface area is 191 Å². The monoisotopic (exact) mass is 464 g/mol. The number of hydrogen-bond donors (Lipinski definition) is 0. The molecule has 0 atom stereocenters. The quantitative estimate of drug-likeness (QED) is 0.510. The number of amides is 1. The molecule has 32 heavy (non-hydrogen) atoms. The lowest BCUT2D eigenvalue weighted by Crippen LogP contribution is -2.40. The summed E-state index contributed by atoms with van der Waals surface area (Å²) in [5, 5.41) is 0. The SMILES string of the molecule is CCCCN(C)C(=O)CCc1nc2cc(S(=O)(=O)N3CCOCC3)ccc2n1CCCC. The number of imidazole rings is 1. The van der Waals surface area contributed by atoms with Gasteiger partial charge in [0.15, 0.2) is 0 Å². The Hall–Kier alpha value is -1.97. The van der Waals surface area contributed by atoms with Crippen LogP contribution in [0.5, 0.6) is 0 Å². The van der Waals surface area contributed by atoms with Crippen molar-refractivity contribution in [2.24, 2.45) is 0 Å². The van der Waals surface area contributed by atoms with Crippen molar-refractivity contribution in [2.75, 3.05) is 39.9 Å². The highest BCUT2D eigenvalue weighted by molar-refractivity contribution is 7.89. The predicted octanol–water partition coefficient (Wildman–Crippen LogP) is 3.05. The second-order valence-electron chi connectivity index (χ2n) is 8.37. The van der Waals surface area contributed by atoms with E-state index >= 15 is 0 Å². The number of sulfonamides is 1. The smallest absolute Gasteiger partial charge is 0.243 e. The third-order valence-corrected chi connectivity index (χ3v) is 7.87. The van der Waals surface area contributed by atoms with E-state index in [1.807, 2.05) is 13.1 Å². The molecule has 2 aromatic rings. The first-order chi connectivity index (χ1) is 15.4. The van der Waals surface area contributed by atoms with Crippen LogP contribution in [0.4, 0.5) is 0 Å². The molecule has 1 aromatic heterocycles. The minimum Gasteiger partial charge on any atom is -0.379 e. The summed E-state index contributed by atoms with van der Waals surface area (Å²) >= 11 is 0. The van der Waals surface area contributed by atoms with Crippen LogP contribution in [0.2, 0.25) is 0 Å². The zero-order chi connectivity index (χ0) is 23.1. The molecule has 1 aromatic carbocycles. The van der Waals surface area contributed by atoms with E-state index in [1.165, 1.54) is 4.31 Å². The van der Waals surface area contributed by atoms with Gasteiger partial charge in [-0.05, 0) is 31.0 Å². The number of nitrogens with zero attached hydrogens (tertiary/aromatic N) is 4. The zero-order valence-electron chi connectivity index (χ0n) is 19.5. The Morgan fingerprint density at radius 3 is 2.56 bits per heavy atom. The van der Waals surface area contributed by atoms with Crippen molar-refractivity contribution in [3.8, 4) is 0 Å². The van der Waals surface area contributed by atoms with Gasteiger partial charge >= 0.3 is 0 Å². The van der Waals surface area contributed by atoms with E-state index in [9.17, 15) is 13.2 Å². The number of benzene rings is 1. The van der Waals surface area contributed by atoms with Crippen LogP contribution < -0.4 is 0 Å². The topological polar surface area (TPSA) is 84.7 Å². The number of aromatic nitrogens is 2. The van der Waals surface area contributed by atoms with E-state index in [4.69, 9.17) is 9.72 Å². The van der Waals surface area contributed by atoms with Crippen LogP contribution in [0.1, 0.15) is 51.8 Å². The van der Waals surface area contributed by atoms with Crippen molar-refractivity contribution in [3.63, 3.8) is 0 Å². The summed E-state index contributed by atoms with van der Waals surface area (Å²) in [5.74, 6) is 0.953. The molecule has 0 saturated carbocycles. The molecular formula is C23H36N4O4S. The van der Waals surface area contributed by atoms with Crippen molar-refractivity contribution >= 4 is 27.0 Å². The molecule has 1 fully saturated rings. The third-order valence-electron chi connectivity index (χ3n) is 5.98. The first kappa shape index (κ1) is 24.7. The van der Waals surface area contributed by atoms with Gasteiger partial charge in [-0.1, -0.05) is 26.7 Å². The Kier molecular flexibility index (Phi) is 8.67. The zero-order valence-corrected chi connectivity index (χ0v) is 20.4. The highest BCUT2D eigenvalue weighted by Crippen LogP contribution is 2.24. The highest BCUT2D eigenvalue weighted by atomic mass is 32.2. The van der Waals surface area contributed by atoms with Crippen molar-refractivity contribution in [2.45, 2.75) is 63.8 Å². The maximum absolute atomic E-state index is 13.1. The largest absolute Gasteiger partial charge is 0.379 e. The molecule has 0 aliphatic carbocycles. The van der Waals surface area contributed by atoms with Gasteiger partial charge in [-0.2, -0.15) is 4.31 Å². The van der Waals surface area contributed by atoms with E-state index in [1.54, 1.807) is 17.0 Å². The number of carbonyl (C=O) groups is 1. The van der Waals surface area contributed by atoms with Gasteiger partial charge in [0.25, 0.3) is 0 Å². The van der Waals surface area contributed by atoms with Crippen LogP contribution in [0.15, 0.2) is 23.1 Å². The fourth-order valence-corrected chi connectivity index (χ4v) is 5.37. The van der Waals surface area contributed by atoms with Gasteiger partial charge in [0.1, 0.15) is 5.82 Å². The molecule has 1 amide bonds. The van der Waals surface area contributed by atoms with Gasteiger partial charge in [-0.25, -0.2) is 13.4 Å². The fraction of sp³-hybridized carbons (Fsp3) is 0.652. The van der Waals surface area contributed by atoms with E-state index in [0.29, 0.717) is 44.7 Å². The van der Waals surface area contributed by atoms with Crippen LogP contribution >= 0.6 is 0 Å².